The highest BCUT2D eigenvalue weighted by atomic mass is 16.2. The number of carbonyl (C=O) groups excluding carboxylic acids is 2. The van der Waals surface area contributed by atoms with Crippen LogP contribution in [0.4, 0.5) is 23.3 Å². The largest absolute Gasteiger partial charge is 0.367 e. The quantitative estimate of drug-likeness (QED) is 0.762. The third kappa shape index (κ3) is 4.30. The zero-order valence-electron chi connectivity index (χ0n) is 18.3. The van der Waals surface area contributed by atoms with Crippen LogP contribution in [0, 0.1) is 0 Å². The fraction of sp³-hybridized carbons (Fsp3) is 0.500. The van der Waals surface area contributed by atoms with Gasteiger partial charge in [-0.15, -0.1) is 0 Å². The van der Waals surface area contributed by atoms with E-state index < -0.39 is 0 Å². The predicted molar refractivity (Wildman–Crippen MR) is 120 cm³/mol. The molecule has 2 aliphatic rings. The average Bonchev–Trinajstić information content (AvgIpc) is 3.11. The van der Waals surface area contributed by atoms with Crippen molar-refractivity contribution >= 4 is 35.1 Å². The van der Waals surface area contributed by atoms with Gasteiger partial charge in [-0.1, -0.05) is 13.8 Å². The van der Waals surface area contributed by atoms with E-state index in [1.54, 1.807) is 13.1 Å². The second kappa shape index (κ2) is 8.87. The molecule has 2 aliphatic heterocycles. The first-order valence-electron chi connectivity index (χ1n) is 10.9. The zero-order valence-corrected chi connectivity index (χ0v) is 18.3. The maximum atomic E-state index is 12.5. The number of anilines is 4. The van der Waals surface area contributed by atoms with Gasteiger partial charge in [0.15, 0.2) is 0 Å². The molecule has 4 heterocycles. The summed E-state index contributed by atoms with van der Waals surface area (Å²) < 4.78 is 0. The number of hydrogen-bond donors (Lipinski definition) is 1. The van der Waals surface area contributed by atoms with E-state index in [0.29, 0.717) is 24.0 Å². The summed E-state index contributed by atoms with van der Waals surface area (Å²) in [6.45, 7) is 8.83. The number of nitrogens with one attached hydrogen (secondary N) is 1. The van der Waals surface area contributed by atoms with Crippen molar-refractivity contribution in [1.82, 2.24) is 19.9 Å². The molecule has 0 radical (unpaired) electrons. The van der Waals surface area contributed by atoms with Gasteiger partial charge in [0.2, 0.25) is 17.8 Å². The first kappa shape index (κ1) is 21.0. The SMILES string of the molecule is CCC(CC)N1C(=O)Cc2cnc(Nc3ccc(N4CCN(C(C)=O)CC4)cn3)nc21. The Balaban J connectivity index is 1.45. The number of hydrogen-bond acceptors (Lipinski definition) is 7. The Hall–Kier alpha value is -3.23. The number of amides is 2. The monoisotopic (exact) mass is 423 g/mol. The third-order valence-electron chi connectivity index (χ3n) is 6.07. The lowest BCUT2D eigenvalue weighted by Gasteiger charge is -2.35. The van der Waals surface area contributed by atoms with Crippen molar-refractivity contribution in [2.75, 3.05) is 41.3 Å². The van der Waals surface area contributed by atoms with E-state index in [1.165, 1.54) is 0 Å². The van der Waals surface area contributed by atoms with Gasteiger partial charge in [0, 0.05) is 50.9 Å². The van der Waals surface area contributed by atoms with Gasteiger partial charge in [0.05, 0.1) is 18.3 Å². The number of pyridine rings is 1. The molecule has 2 amide bonds. The molecule has 9 heteroatoms. The Labute approximate surface area is 182 Å². The molecule has 0 unspecified atom stereocenters. The first-order chi connectivity index (χ1) is 15.0. The highest BCUT2D eigenvalue weighted by Gasteiger charge is 2.33. The van der Waals surface area contributed by atoms with Crippen LogP contribution >= 0.6 is 0 Å². The van der Waals surface area contributed by atoms with Gasteiger partial charge in [-0.3, -0.25) is 14.5 Å². The maximum absolute atomic E-state index is 12.5. The van der Waals surface area contributed by atoms with Gasteiger partial charge in [0.1, 0.15) is 11.6 Å². The Morgan fingerprint density at radius 2 is 1.84 bits per heavy atom. The van der Waals surface area contributed by atoms with Crippen LogP contribution < -0.4 is 15.1 Å². The van der Waals surface area contributed by atoms with Crippen molar-refractivity contribution in [2.45, 2.75) is 46.1 Å². The van der Waals surface area contributed by atoms with Crippen LogP contribution in [-0.4, -0.2) is 63.9 Å². The Kier molecular flexibility index (Phi) is 6.01. The van der Waals surface area contributed by atoms with Crippen molar-refractivity contribution in [1.29, 1.82) is 0 Å². The smallest absolute Gasteiger partial charge is 0.233 e. The summed E-state index contributed by atoms with van der Waals surface area (Å²) in [5.41, 5.74) is 1.89. The van der Waals surface area contributed by atoms with Crippen LogP contribution in [-0.2, 0) is 16.0 Å². The lowest BCUT2D eigenvalue weighted by atomic mass is 10.1. The van der Waals surface area contributed by atoms with E-state index in [1.807, 2.05) is 28.1 Å². The summed E-state index contributed by atoms with van der Waals surface area (Å²) in [5.74, 6) is 1.99. The van der Waals surface area contributed by atoms with Gasteiger partial charge in [-0.2, -0.15) is 4.98 Å². The number of fused-ring (bicyclic) bond motifs is 1. The van der Waals surface area contributed by atoms with Gasteiger partial charge in [-0.05, 0) is 25.0 Å². The molecule has 164 valence electrons. The molecule has 2 aromatic rings. The van der Waals surface area contributed by atoms with Crippen molar-refractivity contribution in [3.8, 4) is 0 Å². The van der Waals surface area contributed by atoms with E-state index in [-0.39, 0.29) is 17.9 Å². The molecule has 31 heavy (non-hydrogen) atoms. The van der Waals surface area contributed by atoms with Crippen molar-refractivity contribution < 1.29 is 9.59 Å². The number of aromatic nitrogens is 3. The fourth-order valence-corrected chi connectivity index (χ4v) is 4.23. The van der Waals surface area contributed by atoms with Gasteiger partial charge < -0.3 is 15.1 Å². The molecule has 9 nitrogen and oxygen atoms in total. The van der Waals surface area contributed by atoms with Crippen molar-refractivity contribution in [3.05, 3.63) is 30.1 Å². The molecule has 1 saturated heterocycles. The highest BCUT2D eigenvalue weighted by molar-refractivity contribution is 6.00. The number of rotatable bonds is 6. The molecule has 0 atom stereocenters. The normalized spacial score (nSPS) is 16.1. The fourth-order valence-electron chi connectivity index (χ4n) is 4.23. The Bertz CT molecular complexity index is 951. The number of nitrogens with zero attached hydrogens (tertiary/aromatic N) is 6. The van der Waals surface area contributed by atoms with E-state index in [9.17, 15) is 9.59 Å². The van der Waals surface area contributed by atoms with Crippen molar-refractivity contribution in [2.24, 2.45) is 0 Å². The summed E-state index contributed by atoms with van der Waals surface area (Å²) in [6, 6.07) is 4.05. The van der Waals surface area contributed by atoms with Gasteiger partial charge in [-0.25, -0.2) is 9.97 Å². The van der Waals surface area contributed by atoms with E-state index in [0.717, 1.165) is 50.3 Å². The maximum Gasteiger partial charge on any atom is 0.233 e. The summed E-state index contributed by atoms with van der Waals surface area (Å²) in [5, 5.41) is 3.15. The average molecular weight is 424 g/mol. The minimum atomic E-state index is 0.0856. The van der Waals surface area contributed by atoms with Gasteiger partial charge in [0.25, 0.3) is 0 Å². The highest BCUT2D eigenvalue weighted by Crippen LogP contribution is 2.31. The number of piperazine rings is 1. The molecule has 0 saturated carbocycles. The van der Waals surface area contributed by atoms with Gasteiger partial charge >= 0.3 is 0 Å². The molecule has 4 rings (SSSR count). The summed E-state index contributed by atoms with van der Waals surface area (Å²) in [7, 11) is 0. The third-order valence-corrected chi connectivity index (χ3v) is 6.07. The van der Waals surface area contributed by atoms with Crippen molar-refractivity contribution in [3.63, 3.8) is 0 Å². The van der Waals surface area contributed by atoms with E-state index in [4.69, 9.17) is 0 Å². The van der Waals surface area contributed by atoms with E-state index in [2.05, 4.69) is 39.0 Å². The topological polar surface area (TPSA) is 94.6 Å². The second-order valence-corrected chi connectivity index (χ2v) is 7.97. The van der Waals surface area contributed by atoms with Crippen LogP contribution in [0.3, 0.4) is 0 Å². The standard InChI is InChI=1S/C22H29N7O2/c1-4-17(5-2)29-20(31)12-16-13-24-22(26-21(16)29)25-19-7-6-18(14-23-19)28-10-8-27(9-11-28)15(3)30/h6-7,13-14,17H,4-5,8-12H2,1-3H3,(H,23,24,25,26). The minimum absolute atomic E-state index is 0.0856. The lowest BCUT2D eigenvalue weighted by Crippen LogP contribution is -2.48. The molecular formula is C22H29N7O2. The minimum Gasteiger partial charge on any atom is -0.367 e. The molecule has 2 aromatic heterocycles. The summed E-state index contributed by atoms with van der Waals surface area (Å²) >= 11 is 0. The van der Waals surface area contributed by atoms with Crippen LogP contribution in [0.25, 0.3) is 0 Å². The molecule has 0 bridgehead atoms. The molecule has 1 N–H and O–H groups in total. The van der Waals surface area contributed by atoms with Crippen LogP contribution in [0.2, 0.25) is 0 Å². The van der Waals surface area contributed by atoms with Crippen LogP contribution in [0.1, 0.15) is 39.2 Å². The molecule has 0 aliphatic carbocycles. The number of carbonyl (C=O) groups is 2. The summed E-state index contributed by atoms with van der Waals surface area (Å²) in [6.07, 6.45) is 5.68. The van der Waals surface area contributed by atoms with Crippen LogP contribution in [0.5, 0.6) is 0 Å². The second-order valence-electron chi connectivity index (χ2n) is 7.97. The first-order valence-corrected chi connectivity index (χ1v) is 10.9. The lowest BCUT2D eigenvalue weighted by molar-refractivity contribution is -0.129. The van der Waals surface area contributed by atoms with E-state index >= 15 is 0 Å². The molecule has 0 spiro atoms. The predicted octanol–water partition coefficient (Wildman–Crippen LogP) is 2.36. The Morgan fingerprint density at radius 3 is 2.45 bits per heavy atom. The molecule has 1 fully saturated rings. The molecule has 0 aromatic carbocycles. The summed E-state index contributed by atoms with van der Waals surface area (Å²) in [4.78, 5) is 43.4. The zero-order chi connectivity index (χ0) is 22.0. The molecular weight excluding hydrogens is 394 g/mol. The Morgan fingerprint density at radius 1 is 1.10 bits per heavy atom. The van der Waals surface area contributed by atoms with Crippen LogP contribution in [0.15, 0.2) is 24.5 Å².